The first-order valence-corrected chi connectivity index (χ1v) is 11.9. The van der Waals surface area contributed by atoms with Crippen LogP contribution < -0.4 is 5.32 Å². The molecule has 1 aromatic rings. The summed E-state index contributed by atoms with van der Waals surface area (Å²) in [7, 11) is 0. The van der Waals surface area contributed by atoms with Crippen LogP contribution in [-0.4, -0.2) is 70.3 Å². The van der Waals surface area contributed by atoms with Gasteiger partial charge in [0.15, 0.2) is 0 Å². The van der Waals surface area contributed by atoms with E-state index in [1.54, 1.807) is 27.6 Å². The van der Waals surface area contributed by atoms with Crippen LogP contribution in [-0.2, 0) is 14.3 Å². The van der Waals surface area contributed by atoms with E-state index in [2.05, 4.69) is 10.4 Å². The summed E-state index contributed by atoms with van der Waals surface area (Å²) in [5.74, 6) is 2.05. The second kappa shape index (κ2) is 9.50. The van der Waals surface area contributed by atoms with Gasteiger partial charge in [-0.15, -0.1) is 0 Å². The maximum atomic E-state index is 13.0. The van der Waals surface area contributed by atoms with Crippen molar-refractivity contribution in [2.24, 2.45) is 17.8 Å². The molecule has 3 amide bonds. The highest BCUT2D eigenvalue weighted by Crippen LogP contribution is 2.49. The second-order valence-corrected chi connectivity index (χ2v) is 9.48. The average molecular weight is 446 g/mol. The van der Waals surface area contributed by atoms with Gasteiger partial charge in [-0.1, -0.05) is 6.42 Å². The minimum atomic E-state index is -0.487. The lowest BCUT2D eigenvalue weighted by molar-refractivity contribution is -0.136. The topological polar surface area (TPSA) is 96.8 Å². The van der Waals surface area contributed by atoms with E-state index in [0.29, 0.717) is 56.5 Å². The summed E-state index contributed by atoms with van der Waals surface area (Å²) in [4.78, 5) is 40.8. The zero-order valence-electron chi connectivity index (χ0n) is 19.4. The van der Waals surface area contributed by atoms with Crippen molar-refractivity contribution in [3.8, 4) is 0 Å². The van der Waals surface area contributed by atoms with Gasteiger partial charge in [-0.2, -0.15) is 5.10 Å². The molecule has 3 fully saturated rings. The maximum absolute atomic E-state index is 13.0. The lowest BCUT2D eigenvalue weighted by Gasteiger charge is -2.35. The molecule has 0 radical (unpaired) electrons. The van der Waals surface area contributed by atoms with E-state index in [9.17, 15) is 14.4 Å². The maximum Gasteiger partial charge on any atom is 0.409 e. The van der Waals surface area contributed by atoms with E-state index in [1.165, 1.54) is 25.7 Å². The Kier molecular flexibility index (Phi) is 6.71. The van der Waals surface area contributed by atoms with Gasteiger partial charge in [0.1, 0.15) is 6.04 Å². The number of hydrogen-bond donors (Lipinski definition) is 1. The van der Waals surface area contributed by atoms with E-state index in [1.807, 2.05) is 13.8 Å². The van der Waals surface area contributed by atoms with Crippen molar-refractivity contribution in [1.82, 2.24) is 19.6 Å². The number of fused-ring (bicyclic) bond motifs is 2. The van der Waals surface area contributed by atoms with E-state index < -0.39 is 6.04 Å². The Hall–Kier alpha value is -2.58. The number of anilines is 1. The fourth-order valence-corrected chi connectivity index (χ4v) is 5.57. The third-order valence-electron chi connectivity index (χ3n) is 7.39. The van der Waals surface area contributed by atoms with Gasteiger partial charge in [0.2, 0.25) is 11.8 Å². The predicted molar refractivity (Wildman–Crippen MR) is 119 cm³/mol. The van der Waals surface area contributed by atoms with Gasteiger partial charge in [0, 0.05) is 38.8 Å². The summed E-state index contributed by atoms with van der Waals surface area (Å²) in [5.41, 5.74) is 1.38. The lowest BCUT2D eigenvalue weighted by atomic mass is 9.86. The molecular formula is C23H35N5O4. The largest absolute Gasteiger partial charge is 0.450 e. The molecule has 3 aliphatic rings. The predicted octanol–water partition coefficient (Wildman–Crippen LogP) is 2.82. The third-order valence-corrected chi connectivity index (χ3v) is 7.39. The van der Waals surface area contributed by atoms with Crippen molar-refractivity contribution >= 4 is 23.6 Å². The summed E-state index contributed by atoms with van der Waals surface area (Å²) < 4.78 is 6.66. The molecule has 0 aromatic carbocycles. The lowest BCUT2D eigenvalue weighted by Crippen LogP contribution is -2.52. The number of carbonyl (C=O) groups is 3. The zero-order chi connectivity index (χ0) is 22.8. The molecule has 0 spiro atoms. The summed E-state index contributed by atoms with van der Waals surface area (Å²) in [6, 6.07) is -0.487. The molecule has 4 unspecified atom stereocenters. The number of nitrogens with zero attached hydrogens (tertiary/aromatic N) is 4. The molecule has 4 atom stereocenters. The molecule has 1 aliphatic heterocycles. The first kappa shape index (κ1) is 22.6. The number of nitrogens with one attached hydrogen (secondary N) is 1. The van der Waals surface area contributed by atoms with Crippen LogP contribution in [0.4, 0.5) is 10.5 Å². The summed E-state index contributed by atoms with van der Waals surface area (Å²) in [6.07, 6.45) is 7.08. The van der Waals surface area contributed by atoms with E-state index in [-0.39, 0.29) is 17.9 Å². The van der Waals surface area contributed by atoms with Crippen LogP contribution in [0, 0.1) is 24.7 Å². The van der Waals surface area contributed by atoms with Crippen molar-refractivity contribution < 1.29 is 19.1 Å². The smallest absolute Gasteiger partial charge is 0.409 e. The highest BCUT2D eigenvalue weighted by Gasteiger charge is 2.40. The van der Waals surface area contributed by atoms with Crippen molar-refractivity contribution in [3.63, 3.8) is 0 Å². The highest BCUT2D eigenvalue weighted by atomic mass is 16.6. The number of ether oxygens (including phenoxy) is 1. The Labute approximate surface area is 189 Å². The van der Waals surface area contributed by atoms with Gasteiger partial charge in [-0.3, -0.25) is 14.3 Å². The van der Waals surface area contributed by atoms with E-state index in [0.717, 1.165) is 11.8 Å². The Balaban J connectivity index is 1.30. The Morgan fingerprint density at radius 3 is 2.50 bits per heavy atom. The fourth-order valence-electron chi connectivity index (χ4n) is 5.57. The van der Waals surface area contributed by atoms with Crippen molar-refractivity contribution in [3.05, 3.63) is 11.9 Å². The molecule has 1 N–H and O–H groups in total. The number of amides is 3. The molecule has 9 nitrogen and oxygen atoms in total. The van der Waals surface area contributed by atoms with Gasteiger partial charge >= 0.3 is 6.09 Å². The molecule has 2 aliphatic carbocycles. The summed E-state index contributed by atoms with van der Waals surface area (Å²) in [5, 5.41) is 7.50. The highest BCUT2D eigenvalue weighted by molar-refractivity contribution is 5.91. The van der Waals surface area contributed by atoms with Crippen LogP contribution in [0.2, 0.25) is 0 Å². The quantitative estimate of drug-likeness (QED) is 0.726. The van der Waals surface area contributed by atoms with Crippen LogP contribution in [0.3, 0.4) is 0 Å². The molecule has 2 heterocycles. The first-order chi connectivity index (χ1) is 15.4. The van der Waals surface area contributed by atoms with Gasteiger partial charge < -0.3 is 19.9 Å². The average Bonchev–Trinajstić information content (AvgIpc) is 3.49. The van der Waals surface area contributed by atoms with E-state index in [4.69, 9.17) is 4.74 Å². The van der Waals surface area contributed by atoms with Crippen molar-refractivity contribution in [2.45, 2.75) is 58.9 Å². The van der Waals surface area contributed by atoms with E-state index >= 15 is 0 Å². The molecule has 176 valence electrons. The molecule has 2 bridgehead atoms. The molecule has 9 heteroatoms. The molecule has 4 rings (SSSR count). The first-order valence-electron chi connectivity index (χ1n) is 11.9. The fraction of sp³-hybridized carbons (Fsp3) is 0.739. The Bertz CT molecular complexity index is 861. The number of piperazine rings is 1. The van der Waals surface area contributed by atoms with Crippen molar-refractivity contribution in [2.75, 3.05) is 38.1 Å². The molecule has 1 aromatic heterocycles. The summed E-state index contributed by atoms with van der Waals surface area (Å²) in [6.45, 7) is 7.63. The SMILES string of the molecule is CCOC(=O)N1CCN(C(=O)C(C)n2cc(NC(=O)CC3CC4CCC3C4)c(C)n2)CC1. The summed E-state index contributed by atoms with van der Waals surface area (Å²) >= 11 is 0. The molecule has 1 saturated heterocycles. The number of aromatic nitrogens is 2. The van der Waals surface area contributed by atoms with Crippen LogP contribution in [0.5, 0.6) is 0 Å². The van der Waals surface area contributed by atoms with Gasteiger partial charge in [0.25, 0.3) is 0 Å². The minimum absolute atomic E-state index is 0.0410. The number of carbonyl (C=O) groups excluding carboxylic acids is 3. The number of rotatable bonds is 6. The van der Waals surface area contributed by atoms with Crippen molar-refractivity contribution in [1.29, 1.82) is 0 Å². The zero-order valence-corrected chi connectivity index (χ0v) is 19.4. The molecule has 2 saturated carbocycles. The standard InChI is InChI=1S/C23H35N5O4/c1-4-32-23(31)27-9-7-26(8-10-27)22(30)16(3)28-14-20(15(2)25-28)24-21(29)13-19-12-17-5-6-18(19)11-17/h14,16-19H,4-13H2,1-3H3,(H,24,29). The van der Waals surface area contributed by atoms with Gasteiger partial charge in [-0.25, -0.2) is 4.79 Å². The Morgan fingerprint density at radius 1 is 1.16 bits per heavy atom. The van der Waals surface area contributed by atoms with Gasteiger partial charge in [-0.05, 0) is 57.8 Å². The third kappa shape index (κ3) is 4.76. The van der Waals surface area contributed by atoms with Crippen LogP contribution in [0.15, 0.2) is 6.20 Å². The van der Waals surface area contributed by atoms with Crippen LogP contribution in [0.1, 0.15) is 57.7 Å². The minimum Gasteiger partial charge on any atom is -0.450 e. The van der Waals surface area contributed by atoms with Gasteiger partial charge in [0.05, 0.1) is 18.0 Å². The van der Waals surface area contributed by atoms with Crippen LogP contribution in [0.25, 0.3) is 0 Å². The number of aryl methyl sites for hydroxylation is 1. The monoisotopic (exact) mass is 445 g/mol. The van der Waals surface area contributed by atoms with Crippen LogP contribution >= 0.6 is 0 Å². The molecule has 32 heavy (non-hydrogen) atoms. The second-order valence-electron chi connectivity index (χ2n) is 9.48. The number of hydrogen-bond acceptors (Lipinski definition) is 5. The molecular weight excluding hydrogens is 410 g/mol. The normalized spacial score (nSPS) is 25.7. The Morgan fingerprint density at radius 2 is 1.88 bits per heavy atom.